The third kappa shape index (κ3) is 3.00. The Morgan fingerprint density at radius 3 is 2.73 bits per heavy atom. The number of carbonyl (C=O) groups is 1. The first-order chi connectivity index (χ1) is 10.6. The molecule has 1 aromatic heterocycles. The van der Waals surface area contributed by atoms with Crippen molar-refractivity contribution in [2.24, 2.45) is 0 Å². The van der Waals surface area contributed by atoms with Gasteiger partial charge in [-0.3, -0.25) is 4.79 Å². The van der Waals surface area contributed by atoms with Gasteiger partial charge in [-0.25, -0.2) is 0 Å². The molecule has 0 unspecified atom stereocenters. The zero-order valence-electron chi connectivity index (χ0n) is 12.2. The van der Waals surface area contributed by atoms with Gasteiger partial charge in [0.2, 0.25) is 0 Å². The first-order valence-electron chi connectivity index (χ1n) is 7.14. The highest BCUT2D eigenvalue weighted by molar-refractivity contribution is 6.31. The van der Waals surface area contributed by atoms with E-state index in [1.807, 2.05) is 55.6 Å². The summed E-state index contributed by atoms with van der Waals surface area (Å²) in [5.74, 6) is -0.267. The minimum Gasteiger partial charge on any atom is -0.457 e. The highest BCUT2D eigenvalue weighted by Crippen LogP contribution is 2.26. The number of esters is 1. The van der Waals surface area contributed by atoms with E-state index < -0.39 is 0 Å². The number of benzene rings is 2. The summed E-state index contributed by atoms with van der Waals surface area (Å²) in [6.45, 7) is 1.83. The number of hydrogen-bond acceptors (Lipinski definition) is 2. The molecule has 0 spiro atoms. The van der Waals surface area contributed by atoms with Gasteiger partial charge in [-0.05, 0) is 24.6 Å². The third-order valence-electron chi connectivity index (χ3n) is 3.66. The van der Waals surface area contributed by atoms with Crippen LogP contribution in [0.25, 0.3) is 10.9 Å². The zero-order chi connectivity index (χ0) is 15.5. The van der Waals surface area contributed by atoms with E-state index in [2.05, 4.69) is 4.98 Å². The molecule has 0 aliphatic rings. The molecule has 1 heterocycles. The van der Waals surface area contributed by atoms with Crippen molar-refractivity contribution in [2.75, 3.05) is 0 Å². The number of rotatable bonds is 4. The fourth-order valence-corrected chi connectivity index (χ4v) is 2.83. The summed E-state index contributed by atoms with van der Waals surface area (Å²) in [7, 11) is 0. The number of aromatic nitrogens is 1. The van der Waals surface area contributed by atoms with Crippen LogP contribution in [-0.4, -0.2) is 11.0 Å². The van der Waals surface area contributed by atoms with Gasteiger partial charge in [0.25, 0.3) is 0 Å². The Bertz CT molecular complexity index is 809. The van der Waals surface area contributed by atoms with E-state index >= 15 is 0 Å². The van der Waals surface area contributed by atoms with Gasteiger partial charge in [0, 0.05) is 27.7 Å². The molecule has 2 aromatic carbocycles. The summed E-state index contributed by atoms with van der Waals surface area (Å²) in [5.41, 5.74) is 2.77. The Kier molecular flexibility index (Phi) is 4.16. The topological polar surface area (TPSA) is 42.1 Å². The molecule has 0 radical (unpaired) electrons. The van der Waals surface area contributed by atoms with Crippen molar-refractivity contribution < 1.29 is 9.53 Å². The SMILES string of the molecule is C[C@@H](OC(=O)Cc1c[nH]c2ccccc12)c1ccccc1Cl. The number of ether oxygens (including phenoxy) is 1. The van der Waals surface area contributed by atoms with Crippen molar-refractivity contribution in [3.8, 4) is 0 Å². The molecule has 3 aromatic rings. The molecule has 112 valence electrons. The van der Waals surface area contributed by atoms with E-state index in [4.69, 9.17) is 16.3 Å². The highest BCUT2D eigenvalue weighted by Gasteiger charge is 2.16. The molecular formula is C18H16ClNO2. The standard InChI is InChI=1S/C18H16ClNO2/c1-12(14-6-2-4-8-16(14)19)22-18(21)10-13-11-20-17-9-5-3-7-15(13)17/h2-9,11-12,20H,10H2,1H3/t12-/m1/s1. The van der Waals surface area contributed by atoms with Gasteiger partial charge in [-0.1, -0.05) is 48.0 Å². The molecule has 1 N–H and O–H groups in total. The summed E-state index contributed by atoms with van der Waals surface area (Å²) in [5, 5.41) is 1.65. The minimum absolute atomic E-state index is 0.235. The molecule has 0 amide bonds. The van der Waals surface area contributed by atoms with Crippen molar-refractivity contribution in [1.29, 1.82) is 0 Å². The Morgan fingerprint density at radius 2 is 1.91 bits per heavy atom. The lowest BCUT2D eigenvalue weighted by Gasteiger charge is -2.14. The van der Waals surface area contributed by atoms with Gasteiger partial charge in [-0.15, -0.1) is 0 Å². The summed E-state index contributed by atoms with van der Waals surface area (Å²) in [4.78, 5) is 15.3. The van der Waals surface area contributed by atoms with Crippen LogP contribution >= 0.6 is 11.6 Å². The molecule has 1 atom stereocenters. The predicted molar refractivity (Wildman–Crippen MR) is 88.0 cm³/mol. The van der Waals surface area contributed by atoms with Crippen molar-refractivity contribution in [1.82, 2.24) is 4.98 Å². The Balaban J connectivity index is 1.71. The summed E-state index contributed by atoms with van der Waals surface area (Å²) in [6.07, 6.45) is 1.72. The molecule has 0 aliphatic heterocycles. The van der Waals surface area contributed by atoms with Crippen LogP contribution in [-0.2, 0) is 16.0 Å². The summed E-state index contributed by atoms with van der Waals surface area (Å²) >= 11 is 6.13. The van der Waals surface area contributed by atoms with Crippen molar-refractivity contribution in [2.45, 2.75) is 19.4 Å². The maximum atomic E-state index is 12.2. The fourth-order valence-electron chi connectivity index (χ4n) is 2.54. The van der Waals surface area contributed by atoms with Crippen LogP contribution in [0.1, 0.15) is 24.2 Å². The highest BCUT2D eigenvalue weighted by atomic mass is 35.5. The number of aromatic amines is 1. The molecule has 0 bridgehead atoms. The fraction of sp³-hybridized carbons (Fsp3) is 0.167. The summed E-state index contributed by atoms with van der Waals surface area (Å²) in [6, 6.07) is 15.3. The number of H-pyrrole nitrogens is 1. The molecular weight excluding hydrogens is 298 g/mol. The first-order valence-corrected chi connectivity index (χ1v) is 7.52. The molecule has 3 nitrogen and oxygen atoms in total. The number of nitrogens with one attached hydrogen (secondary N) is 1. The Hall–Kier alpha value is -2.26. The second kappa shape index (κ2) is 6.24. The van der Waals surface area contributed by atoms with E-state index in [1.54, 1.807) is 6.07 Å². The first kappa shape index (κ1) is 14.7. The van der Waals surface area contributed by atoms with Gasteiger partial charge < -0.3 is 9.72 Å². The van der Waals surface area contributed by atoms with E-state index in [0.717, 1.165) is 22.0 Å². The van der Waals surface area contributed by atoms with Gasteiger partial charge >= 0.3 is 5.97 Å². The van der Waals surface area contributed by atoms with Crippen LogP contribution in [0, 0.1) is 0 Å². The predicted octanol–water partition coefficient (Wildman–Crippen LogP) is 4.67. The average Bonchev–Trinajstić information content (AvgIpc) is 2.91. The normalized spacial score (nSPS) is 12.3. The molecule has 0 aliphatic carbocycles. The maximum Gasteiger partial charge on any atom is 0.310 e. The van der Waals surface area contributed by atoms with Crippen LogP contribution < -0.4 is 0 Å². The van der Waals surface area contributed by atoms with Crippen molar-refractivity contribution >= 4 is 28.5 Å². The number of fused-ring (bicyclic) bond motifs is 1. The zero-order valence-corrected chi connectivity index (χ0v) is 12.9. The van der Waals surface area contributed by atoms with Gasteiger partial charge in [-0.2, -0.15) is 0 Å². The van der Waals surface area contributed by atoms with E-state index in [0.29, 0.717) is 5.02 Å². The van der Waals surface area contributed by atoms with Crippen LogP contribution in [0.2, 0.25) is 5.02 Å². The smallest absolute Gasteiger partial charge is 0.310 e. The Morgan fingerprint density at radius 1 is 1.18 bits per heavy atom. The quantitative estimate of drug-likeness (QED) is 0.711. The second-order valence-corrected chi connectivity index (χ2v) is 5.60. The molecule has 0 saturated heterocycles. The number of para-hydroxylation sites is 1. The number of halogens is 1. The lowest BCUT2D eigenvalue weighted by molar-refractivity contribution is -0.147. The van der Waals surface area contributed by atoms with Gasteiger partial charge in [0.05, 0.1) is 6.42 Å². The molecule has 22 heavy (non-hydrogen) atoms. The van der Waals surface area contributed by atoms with Crippen LogP contribution in [0.3, 0.4) is 0 Å². The maximum absolute atomic E-state index is 12.2. The van der Waals surface area contributed by atoms with Gasteiger partial charge in [0.1, 0.15) is 6.10 Å². The third-order valence-corrected chi connectivity index (χ3v) is 4.01. The Labute approximate surface area is 133 Å². The summed E-state index contributed by atoms with van der Waals surface area (Å²) < 4.78 is 5.50. The molecule has 0 fully saturated rings. The van der Waals surface area contributed by atoms with Crippen LogP contribution in [0.5, 0.6) is 0 Å². The largest absolute Gasteiger partial charge is 0.457 e. The monoisotopic (exact) mass is 313 g/mol. The van der Waals surface area contributed by atoms with Crippen molar-refractivity contribution in [3.05, 3.63) is 70.9 Å². The van der Waals surface area contributed by atoms with Crippen molar-refractivity contribution in [3.63, 3.8) is 0 Å². The molecule has 3 rings (SSSR count). The van der Waals surface area contributed by atoms with Gasteiger partial charge in [0.15, 0.2) is 0 Å². The van der Waals surface area contributed by atoms with Crippen LogP contribution in [0.15, 0.2) is 54.7 Å². The number of carbonyl (C=O) groups excluding carboxylic acids is 1. The molecule has 4 heteroatoms. The second-order valence-electron chi connectivity index (χ2n) is 5.19. The average molecular weight is 314 g/mol. The van der Waals surface area contributed by atoms with E-state index in [1.165, 1.54) is 0 Å². The lowest BCUT2D eigenvalue weighted by Crippen LogP contribution is -2.11. The van der Waals surface area contributed by atoms with E-state index in [-0.39, 0.29) is 18.5 Å². The lowest BCUT2D eigenvalue weighted by atomic mass is 10.1. The number of hydrogen-bond donors (Lipinski definition) is 1. The van der Waals surface area contributed by atoms with Crippen LogP contribution in [0.4, 0.5) is 0 Å². The van der Waals surface area contributed by atoms with E-state index in [9.17, 15) is 4.79 Å². The minimum atomic E-state index is -0.369. The molecule has 0 saturated carbocycles.